The Morgan fingerprint density at radius 2 is 2.15 bits per heavy atom. The van der Waals surface area contributed by atoms with E-state index in [-0.39, 0.29) is 11.8 Å². The fraction of sp³-hybridized carbons (Fsp3) is 0.167. The highest BCUT2D eigenvalue weighted by Crippen LogP contribution is 2.24. The zero-order valence-corrected chi connectivity index (χ0v) is 15.4. The SMILES string of the molecule is O=C(CCCNC(=O)c1cccs1)Nc1ccc(-n2ccnc2)c(Cl)c1. The van der Waals surface area contributed by atoms with Crippen molar-refractivity contribution in [2.45, 2.75) is 12.8 Å². The van der Waals surface area contributed by atoms with Crippen molar-refractivity contribution in [2.24, 2.45) is 0 Å². The Hall–Kier alpha value is -2.64. The molecule has 134 valence electrons. The lowest BCUT2D eigenvalue weighted by Crippen LogP contribution is -2.24. The average Bonchev–Trinajstić information content (AvgIpc) is 3.32. The number of carbonyl (C=O) groups is 2. The minimum atomic E-state index is -0.123. The summed E-state index contributed by atoms with van der Waals surface area (Å²) in [6.45, 7) is 0.449. The summed E-state index contributed by atoms with van der Waals surface area (Å²) in [4.78, 5) is 28.5. The standard InChI is InChI=1S/C18H17ClN4O2S/c19-14-11-13(5-6-15(14)23-9-8-20-12-23)22-17(24)4-1-7-21-18(25)16-3-2-10-26-16/h2-3,5-6,8-12H,1,4,7H2,(H,21,25)(H,22,24). The van der Waals surface area contributed by atoms with E-state index in [0.717, 1.165) is 5.69 Å². The van der Waals surface area contributed by atoms with Gasteiger partial charge in [0.05, 0.1) is 21.9 Å². The minimum absolute atomic E-state index is 0.109. The van der Waals surface area contributed by atoms with Crippen LogP contribution in [0.5, 0.6) is 0 Å². The third-order valence-corrected chi connectivity index (χ3v) is 4.80. The summed E-state index contributed by atoms with van der Waals surface area (Å²) in [5.74, 6) is -0.232. The summed E-state index contributed by atoms with van der Waals surface area (Å²) in [5.41, 5.74) is 1.42. The van der Waals surface area contributed by atoms with E-state index < -0.39 is 0 Å². The monoisotopic (exact) mass is 388 g/mol. The summed E-state index contributed by atoms with van der Waals surface area (Å²) >= 11 is 7.66. The van der Waals surface area contributed by atoms with Gasteiger partial charge < -0.3 is 15.2 Å². The summed E-state index contributed by atoms with van der Waals surface area (Å²) in [7, 11) is 0. The molecule has 2 N–H and O–H groups in total. The summed E-state index contributed by atoms with van der Waals surface area (Å²) in [6.07, 6.45) is 5.99. The van der Waals surface area contributed by atoms with Gasteiger partial charge in [-0.25, -0.2) is 4.98 Å². The fourth-order valence-corrected chi connectivity index (χ4v) is 3.28. The van der Waals surface area contributed by atoms with Crippen LogP contribution in [0, 0.1) is 0 Å². The highest BCUT2D eigenvalue weighted by Gasteiger charge is 2.08. The van der Waals surface area contributed by atoms with E-state index in [1.54, 1.807) is 41.5 Å². The first-order valence-corrected chi connectivity index (χ1v) is 9.28. The summed E-state index contributed by atoms with van der Waals surface area (Å²) in [6, 6.07) is 8.91. The number of hydrogen-bond acceptors (Lipinski definition) is 4. The van der Waals surface area contributed by atoms with Crippen molar-refractivity contribution >= 4 is 40.4 Å². The third-order valence-electron chi connectivity index (χ3n) is 3.63. The molecule has 26 heavy (non-hydrogen) atoms. The maximum Gasteiger partial charge on any atom is 0.261 e. The van der Waals surface area contributed by atoms with Crippen molar-refractivity contribution in [3.05, 3.63) is 64.3 Å². The fourth-order valence-electron chi connectivity index (χ4n) is 2.36. The number of anilines is 1. The molecule has 0 saturated carbocycles. The molecule has 8 heteroatoms. The average molecular weight is 389 g/mol. The molecule has 2 aromatic heterocycles. The van der Waals surface area contributed by atoms with Crippen LogP contribution >= 0.6 is 22.9 Å². The number of aromatic nitrogens is 2. The quantitative estimate of drug-likeness (QED) is 0.605. The van der Waals surface area contributed by atoms with Crippen molar-refractivity contribution in [1.82, 2.24) is 14.9 Å². The number of imidazole rings is 1. The number of nitrogens with zero attached hydrogens (tertiary/aromatic N) is 2. The van der Waals surface area contributed by atoms with Gasteiger partial charge in [0, 0.05) is 31.0 Å². The van der Waals surface area contributed by atoms with Crippen LogP contribution in [0.15, 0.2) is 54.4 Å². The Morgan fingerprint density at radius 1 is 1.27 bits per heavy atom. The van der Waals surface area contributed by atoms with Gasteiger partial charge >= 0.3 is 0 Å². The maximum atomic E-state index is 12.0. The predicted octanol–water partition coefficient (Wildman–Crippen LogP) is 3.74. The molecule has 2 heterocycles. The second-order valence-electron chi connectivity index (χ2n) is 5.52. The first-order chi connectivity index (χ1) is 12.6. The Labute approximate surface area is 159 Å². The van der Waals surface area contributed by atoms with E-state index in [0.29, 0.717) is 35.0 Å². The van der Waals surface area contributed by atoms with Gasteiger partial charge in [0.2, 0.25) is 5.91 Å². The highest BCUT2D eigenvalue weighted by atomic mass is 35.5. The Bertz CT molecular complexity index is 879. The molecule has 2 amide bonds. The Balaban J connectivity index is 1.45. The third kappa shape index (κ3) is 4.71. The van der Waals surface area contributed by atoms with Crippen molar-refractivity contribution in [3.63, 3.8) is 0 Å². The van der Waals surface area contributed by atoms with Crippen LogP contribution in [-0.2, 0) is 4.79 Å². The maximum absolute atomic E-state index is 12.0. The van der Waals surface area contributed by atoms with Gasteiger partial charge in [0.25, 0.3) is 5.91 Å². The minimum Gasteiger partial charge on any atom is -0.351 e. The molecular formula is C18H17ClN4O2S. The largest absolute Gasteiger partial charge is 0.351 e. The molecule has 0 radical (unpaired) electrons. The van der Waals surface area contributed by atoms with Crippen LogP contribution in [0.2, 0.25) is 5.02 Å². The molecular weight excluding hydrogens is 372 g/mol. The molecule has 0 saturated heterocycles. The van der Waals surface area contributed by atoms with Gasteiger partial charge in [-0.1, -0.05) is 17.7 Å². The molecule has 0 aliphatic heterocycles. The first-order valence-electron chi connectivity index (χ1n) is 8.03. The topological polar surface area (TPSA) is 76.0 Å². The summed E-state index contributed by atoms with van der Waals surface area (Å²) < 4.78 is 1.80. The number of amides is 2. The van der Waals surface area contributed by atoms with E-state index >= 15 is 0 Å². The van der Waals surface area contributed by atoms with Crippen molar-refractivity contribution in [3.8, 4) is 5.69 Å². The predicted molar refractivity (Wildman–Crippen MR) is 103 cm³/mol. The zero-order valence-electron chi connectivity index (χ0n) is 13.8. The van der Waals surface area contributed by atoms with Crippen LogP contribution in [0.4, 0.5) is 5.69 Å². The molecule has 0 aliphatic rings. The molecule has 6 nitrogen and oxygen atoms in total. The molecule has 0 fully saturated rings. The number of nitrogens with one attached hydrogen (secondary N) is 2. The van der Waals surface area contributed by atoms with E-state index in [9.17, 15) is 9.59 Å². The number of thiophene rings is 1. The molecule has 0 unspecified atom stereocenters. The van der Waals surface area contributed by atoms with Crippen molar-refractivity contribution in [2.75, 3.05) is 11.9 Å². The van der Waals surface area contributed by atoms with Crippen LogP contribution in [-0.4, -0.2) is 27.9 Å². The van der Waals surface area contributed by atoms with Gasteiger partial charge in [-0.2, -0.15) is 0 Å². The van der Waals surface area contributed by atoms with Crippen LogP contribution < -0.4 is 10.6 Å². The number of carbonyl (C=O) groups excluding carboxylic acids is 2. The molecule has 0 bridgehead atoms. The van der Waals surface area contributed by atoms with Gasteiger partial charge in [-0.15, -0.1) is 11.3 Å². The van der Waals surface area contributed by atoms with Gasteiger partial charge in [0.1, 0.15) is 0 Å². The Kier molecular flexibility index (Phi) is 6.04. The molecule has 3 aromatic rings. The second-order valence-corrected chi connectivity index (χ2v) is 6.88. The number of halogens is 1. The lowest BCUT2D eigenvalue weighted by Gasteiger charge is -2.09. The number of hydrogen-bond donors (Lipinski definition) is 2. The van der Waals surface area contributed by atoms with E-state index in [2.05, 4.69) is 15.6 Å². The van der Waals surface area contributed by atoms with Crippen LogP contribution in [0.1, 0.15) is 22.5 Å². The van der Waals surface area contributed by atoms with Crippen LogP contribution in [0.25, 0.3) is 5.69 Å². The van der Waals surface area contributed by atoms with Gasteiger partial charge in [-0.3, -0.25) is 9.59 Å². The Morgan fingerprint density at radius 3 is 2.85 bits per heavy atom. The smallest absolute Gasteiger partial charge is 0.261 e. The lowest BCUT2D eigenvalue weighted by molar-refractivity contribution is -0.116. The van der Waals surface area contributed by atoms with Gasteiger partial charge in [-0.05, 0) is 36.1 Å². The molecule has 0 atom stereocenters. The normalized spacial score (nSPS) is 10.5. The summed E-state index contributed by atoms with van der Waals surface area (Å²) in [5, 5.41) is 7.98. The molecule has 0 spiro atoms. The number of rotatable bonds is 7. The molecule has 1 aromatic carbocycles. The molecule has 0 aliphatic carbocycles. The van der Waals surface area contributed by atoms with E-state index in [1.807, 2.05) is 17.5 Å². The van der Waals surface area contributed by atoms with Crippen molar-refractivity contribution in [1.29, 1.82) is 0 Å². The zero-order chi connectivity index (χ0) is 18.4. The second kappa shape index (κ2) is 8.64. The van der Waals surface area contributed by atoms with E-state index in [4.69, 9.17) is 11.6 Å². The van der Waals surface area contributed by atoms with Gasteiger partial charge in [0.15, 0.2) is 0 Å². The highest BCUT2D eigenvalue weighted by molar-refractivity contribution is 7.12. The van der Waals surface area contributed by atoms with Crippen LogP contribution in [0.3, 0.4) is 0 Å². The first kappa shape index (κ1) is 18.2. The molecule has 3 rings (SSSR count). The number of benzene rings is 1. The van der Waals surface area contributed by atoms with E-state index in [1.165, 1.54) is 11.3 Å². The van der Waals surface area contributed by atoms with Crippen molar-refractivity contribution < 1.29 is 9.59 Å². The lowest BCUT2D eigenvalue weighted by atomic mass is 10.2.